The summed E-state index contributed by atoms with van der Waals surface area (Å²) in [5, 5.41) is 1.16. The minimum absolute atomic E-state index is 0.157. The van der Waals surface area contributed by atoms with Gasteiger partial charge in [0.15, 0.2) is 0 Å². The summed E-state index contributed by atoms with van der Waals surface area (Å²) in [6, 6.07) is 10.4. The molecule has 0 spiro atoms. The van der Waals surface area contributed by atoms with Gasteiger partial charge in [0.05, 0.1) is 11.2 Å². The Morgan fingerprint density at radius 3 is 2.58 bits per heavy atom. The number of amides is 1. The van der Waals surface area contributed by atoms with Gasteiger partial charge in [-0.1, -0.05) is 18.2 Å². The summed E-state index contributed by atoms with van der Waals surface area (Å²) in [6.07, 6.45) is 3.58. The molecule has 5 heteroatoms. The molecule has 2 aliphatic heterocycles. The highest BCUT2D eigenvalue weighted by molar-refractivity contribution is 5.90. The van der Waals surface area contributed by atoms with Gasteiger partial charge in [-0.2, -0.15) is 0 Å². The second-order valence-electron chi connectivity index (χ2n) is 6.55. The van der Waals surface area contributed by atoms with Crippen molar-refractivity contribution in [2.45, 2.75) is 12.8 Å². The lowest BCUT2D eigenvalue weighted by Gasteiger charge is -2.38. The van der Waals surface area contributed by atoms with Crippen LogP contribution in [-0.4, -0.2) is 55.2 Å². The molecule has 0 bridgehead atoms. The highest BCUT2D eigenvalue weighted by Gasteiger charge is 2.29. The van der Waals surface area contributed by atoms with Crippen LogP contribution in [0.25, 0.3) is 10.9 Å². The molecule has 4 rings (SSSR count). The van der Waals surface area contributed by atoms with E-state index in [1.807, 2.05) is 17.2 Å². The van der Waals surface area contributed by atoms with E-state index in [4.69, 9.17) is 4.74 Å². The molecule has 1 aromatic heterocycles. The van der Waals surface area contributed by atoms with Gasteiger partial charge < -0.3 is 14.5 Å². The van der Waals surface area contributed by atoms with Crippen molar-refractivity contribution in [2.75, 3.05) is 44.3 Å². The lowest BCUT2D eigenvalue weighted by molar-refractivity contribution is -0.138. The topological polar surface area (TPSA) is 45.7 Å². The number of pyridine rings is 1. The van der Waals surface area contributed by atoms with E-state index in [1.54, 1.807) is 0 Å². The van der Waals surface area contributed by atoms with Crippen LogP contribution >= 0.6 is 0 Å². The number of para-hydroxylation sites is 1. The van der Waals surface area contributed by atoms with Crippen molar-refractivity contribution in [1.29, 1.82) is 0 Å². The summed E-state index contributed by atoms with van der Waals surface area (Å²) in [4.78, 5) is 21.6. The zero-order chi connectivity index (χ0) is 16.4. The average molecular weight is 325 g/mol. The molecule has 0 atom stereocenters. The molecule has 0 N–H and O–H groups in total. The number of anilines is 1. The highest BCUT2D eigenvalue weighted by Crippen LogP contribution is 2.26. The van der Waals surface area contributed by atoms with Crippen molar-refractivity contribution in [3.63, 3.8) is 0 Å². The first-order valence-corrected chi connectivity index (χ1v) is 8.78. The fourth-order valence-corrected chi connectivity index (χ4v) is 3.71. The molecule has 0 radical (unpaired) electrons. The van der Waals surface area contributed by atoms with Gasteiger partial charge >= 0.3 is 0 Å². The van der Waals surface area contributed by atoms with Gasteiger partial charge in [0.2, 0.25) is 5.91 Å². The second kappa shape index (κ2) is 6.77. The number of nitrogens with zero attached hydrogens (tertiary/aromatic N) is 3. The fraction of sp³-hybridized carbons (Fsp3) is 0.474. The minimum Gasteiger partial charge on any atom is -0.381 e. The zero-order valence-electron chi connectivity index (χ0n) is 13.9. The molecule has 0 unspecified atom stereocenters. The molecule has 5 nitrogen and oxygen atoms in total. The van der Waals surface area contributed by atoms with E-state index in [1.165, 1.54) is 5.69 Å². The molecule has 2 aromatic rings. The predicted molar refractivity (Wildman–Crippen MR) is 94.1 cm³/mol. The molecule has 0 aliphatic carbocycles. The van der Waals surface area contributed by atoms with Crippen molar-refractivity contribution < 1.29 is 9.53 Å². The minimum atomic E-state index is 0.157. The summed E-state index contributed by atoms with van der Waals surface area (Å²) in [5.74, 6) is 0.471. The van der Waals surface area contributed by atoms with Crippen molar-refractivity contribution in [2.24, 2.45) is 5.92 Å². The summed E-state index contributed by atoms with van der Waals surface area (Å²) >= 11 is 0. The lowest BCUT2D eigenvalue weighted by Crippen LogP contribution is -2.51. The Kier molecular flexibility index (Phi) is 4.34. The number of hydrogen-bond donors (Lipinski definition) is 0. The van der Waals surface area contributed by atoms with Crippen LogP contribution in [-0.2, 0) is 9.53 Å². The molecule has 2 fully saturated rings. The largest absolute Gasteiger partial charge is 0.381 e. The number of hydrogen-bond acceptors (Lipinski definition) is 4. The molecule has 1 amide bonds. The summed E-state index contributed by atoms with van der Waals surface area (Å²) in [7, 11) is 0. The number of fused-ring (bicyclic) bond motifs is 1. The zero-order valence-corrected chi connectivity index (χ0v) is 13.9. The SMILES string of the molecule is O=C(C1CCOCC1)N1CCN(c2cccc3cccnc23)CC1. The van der Waals surface area contributed by atoms with Crippen LogP contribution in [0.1, 0.15) is 12.8 Å². The first-order chi connectivity index (χ1) is 11.8. The van der Waals surface area contributed by atoms with Gasteiger partial charge in [0.1, 0.15) is 0 Å². The molecule has 3 heterocycles. The molecular weight excluding hydrogens is 302 g/mol. The van der Waals surface area contributed by atoms with Crippen LogP contribution in [0.5, 0.6) is 0 Å². The third-order valence-electron chi connectivity index (χ3n) is 5.11. The third kappa shape index (κ3) is 2.96. The third-order valence-corrected chi connectivity index (χ3v) is 5.11. The fourth-order valence-electron chi connectivity index (χ4n) is 3.71. The second-order valence-corrected chi connectivity index (χ2v) is 6.55. The van der Waals surface area contributed by atoms with Crippen LogP contribution in [0.3, 0.4) is 0 Å². The smallest absolute Gasteiger partial charge is 0.225 e. The Morgan fingerprint density at radius 2 is 1.79 bits per heavy atom. The van der Waals surface area contributed by atoms with Crippen molar-refractivity contribution >= 4 is 22.5 Å². The molecule has 1 aromatic carbocycles. The van der Waals surface area contributed by atoms with Gasteiger partial charge in [0.25, 0.3) is 0 Å². The Hall–Kier alpha value is -2.14. The maximum Gasteiger partial charge on any atom is 0.225 e. The van der Waals surface area contributed by atoms with Gasteiger partial charge in [-0.3, -0.25) is 9.78 Å². The first-order valence-electron chi connectivity index (χ1n) is 8.78. The molecule has 2 aliphatic rings. The van der Waals surface area contributed by atoms with E-state index in [9.17, 15) is 4.79 Å². The Morgan fingerprint density at radius 1 is 1.04 bits per heavy atom. The van der Waals surface area contributed by atoms with E-state index < -0.39 is 0 Å². The summed E-state index contributed by atoms with van der Waals surface area (Å²) in [5.41, 5.74) is 2.22. The van der Waals surface area contributed by atoms with Crippen molar-refractivity contribution in [1.82, 2.24) is 9.88 Å². The van der Waals surface area contributed by atoms with Gasteiger partial charge in [-0.15, -0.1) is 0 Å². The summed E-state index contributed by atoms with van der Waals surface area (Å²) < 4.78 is 5.37. The quantitative estimate of drug-likeness (QED) is 0.850. The van der Waals surface area contributed by atoms with E-state index in [0.717, 1.165) is 63.1 Å². The van der Waals surface area contributed by atoms with Crippen LogP contribution in [0, 0.1) is 5.92 Å². The number of ether oxygens (including phenoxy) is 1. The van der Waals surface area contributed by atoms with Crippen LogP contribution < -0.4 is 4.90 Å². The lowest BCUT2D eigenvalue weighted by atomic mass is 9.98. The summed E-state index contributed by atoms with van der Waals surface area (Å²) in [6.45, 7) is 4.75. The van der Waals surface area contributed by atoms with E-state index in [2.05, 4.69) is 34.1 Å². The van der Waals surface area contributed by atoms with E-state index in [0.29, 0.717) is 5.91 Å². The molecule has 0 saturated carbocycles. The molecular formula is C19H23N3O2. The van der Waals surface area contributed by atoms with Crippen LogP contribution in [0.2, 0.25) is 0 Å². The number of carbonyl (C=O) groups is 1. The van der Waals surface area contributed by atoms with E-state index in [-0.39, 0.29) is 5.92 Å². The van der Waals surface area contributed by atoms with Crippen molar-refractivity contribution in [3.05, 3.63) is 36.5 Å². The molecule has 126 valence electrons. The van der Waals surface area contributed by atoms with Crippen LogP contribution in [0.4, 0.5) is 5.69 Å². The molecule has 2 saturated heterocycles. The Bertz CT molecular complexity index is 714. The van der Waals surface area contributed by atoms with Gasteiger partial charge in [-0.05, 0) is 25.0 Å². The maximum atomic E-state index is 12.6. The number of aromatic nitrogens is 1. The standard InChI is InChI=1S/C19H23N3O2/c23-19(16-6-13-24-14-7-16)22-11-9-21(10-12-22)17-5-1-3-15-4-2-8-20-18(15)17/h1-5,8,16H,6-7,9-14H2. The number of benzene rings is 1. The van der Waals surface area contributed by atoms with Gasteiger partial charge in [0, 0.05) is 56.9 Å². The number of piperazine rings is 1. The molecule has 24 heavy (non-hydrogen) atoms. The number of rotatable bonds is 2. The number of carbonyl (C=O) groups excluding carboxylic acids is 1. The predicted octanol–water partition coefficient (Wildman–Crippen LogP) is 2.31. The maximum absolute atomic E-state index is 12.6. The monoisotopic (exact) mass is 325 g/mol. The van der Waals surface area contributed by atoms with Crippen LogP contribution in [0.15, 0.2) is 36.5 Å². The van der Waals surface area contributed by atoms with E-state index >= 15 is 0 Å². The Balaban J connectivity index is 1.45. The van der Waals surface area contributed by atoms with Gasteiger partial charge in [-0.25, -0.2) is 0 Å². The van der Waals surface area contributed by atoms with Crippen molar-refractivity contribution in [3.8, 4) is 0 Å². The first kappa shape index (κ1) is 15.4. The Labute approximate surface area is 142 Å². The highest BCUT2D eigenvalue weighted by atomic mass is 16.5. The average Bonchev–Trinajstić information content (AvgIpc) is 2.68. The normalized spacial score (nSPS) is 19.7.